The first kappa shape index (κ1) is 17.6. The van der Waals surface area contributed by atoms with Crippen molar-refractivity contribution in [3.63, 3.8) is 0 Å². The van der Waals surface area contributed by atoms with Crippen molar-refractivity contribution in [1.82, 2.24) is 9.78 Å². The van der Waals surface area contributed by atoms with Gasteiger partial charge >= 0.3 is 0 Å². The van der Waals surface area contributed by atoms with Gasteiger partial charge in [-0.2, -0.15) is 5.10 Å². The molecule has 1 aromatic heterocycles. The van der Waals surface area contributed by atoms with Crippen LogP contribution in [0.2, 0.25) is 0 Å². The van der Waals surface area contributed by atoms with Crippen molar-refractivity contribution in [2.45, 2.75) is 18.4 Å². The van der Waals surface area contributed by atoms with Crippen LogP contribution in [0.3, 0.4) is 0 Å². The summed E-state index contributed by atoms with van der Waals surface area (Å²) in [7, 11) is -3.84. The fourth-order valence-corrected chi connectivity index (χ4v) is 3.79. The standard InChI is InChI=1S/C17H15BrFN3O2S/c1-12-2-4-13(5-3-12)10-22-11-16(18)17(20-22)21-25(23,24)15-8-6-14(19)7-9-15/h2-9,11H,10H2,1H3,(H,20,21). The average Bonchev–Trinajstić information content (AvgIpc) is 2.89. The number of hydrogen-bond donors (Lipinski definition) is 1. The summed E-state index contributed by atoms with van der Waals surface area (Å²) in [4.78, 5) is -0.0334. The smallest absolute Gasteiger partial charge is 0.263 e. The van der Waals surface area contributed by atoms with E-state index in [1.807, 2.05) is 31.2 Å². The number of halogens is 2. The van der Waals surface area contributed by atoms with Gasteiger partial charge in [-0.25, -0.2) is 12.8 Å². The maximum Gasteiger partial charge on any atom is 0.263 e. The quantitative estimate of drug-likeness (QED) is 0.675. The largest absolute Gasteiger partial charge is 0.265 e. The zero-order valence-electron chi connectivity index (χ0n) is 13.3. The Balaban J connectivity index is 1.80. The van der Waals surface area contributed by atoms with Gasteiger partial charge in [0.1, 0.15) is 5.82 Å². The molecule has 0 aliphatic heterocycles. The van der Waals surface area contributed by atoms with Crippen LogP contribution in [0.5, 0.6) is 0 Å². The summed E-state index contributed by atoms with van der Waals surface area (Å²) in [6.45, 7) is 2.52. The van der Waals surface area contributed by atoms with Gasteiger partial charge < -0.3 is 0 Å². The Morgan fingerprint density at radius 3 is 2.40 bits per heavy atom. The molecule has 0 unspecified atom stereocenters. The van der Waals surface area contributed by atoms with E-state index in [2.05, 4.69) is 25.8 Å². The van der Waals surface area contributed by atoms with Gasteiger partial charge in [-0.15, -0.1) is 0 Å². The van der Waals surface area contributed by atoms with Gasteiger partial charge in [0.15, 0.2) is 5.82 Å². The molecule has 0 radical (unpaired) electrons. The van der Waals surface area contributed by atoms with Crippen molar-refractivity contribution in [2.24, 2.45) is 0 Å². The van der Waals surface area contributed by atoms with E-state index in [4.69, 9.17) is 0 Å². The van der Waals surface area contributed by atoms with Crippen LogP contribution in [0, 0.1) is 12.7 Å². The Labute approximate surface area is 153 Å². The molecule has 5 nitrogen and oxygen atoms in total. The van der Waals surface area contributed by atoms with Crippen LogP contribution in [0.1, 0.15) is 11.1 Å². The number of hydrogen-bond acceptors (Lipinski definition) is 3. The van der Waals surface area contributed by atoms with Gasteiger partial charge in [-0.3, -0.25) is 9.40 Å². The second kappa shape index (κ2) is 6.97. The van der Waals surface area contributed by atoms with Crippen molar-refractivity contribution in [2.75, 3.05) is 4.72 Å². The van der Waals surface area contributed by atoms with Crippen molar-refractivity contribution < 1.29 is 12.8 Å². The van der Waals surface area contributed by atoms with Gasteiger partial charge in [0.05, 0.1) is 15.9 Å². The van der Waals surface area contributed by atoms with E-state index in [0.717, 1.165) is 23.3 Å². The summed E-state index contributed by atoms with van der Waals surface area (Å²) in [5.74, 6) is -0.320. The maximum atomic E-state index is 13.0. The molecule has 0 aliphatic carbocycles. The Morgan fingerprint density at radius 1 is 1.12 bits per heavy atom. The number of anilines is 1. The molecule has 130 valence electrons. The number of sulfonamides is 1. The first-order valence-corrected chi connectivity index (χ1v) is 9.68. The summed E-state index contributed by atoms with van der Waals surface area (Å²) in [5, 5.41) is 4.26. The molecule has 0 spiro atoms. The minimum absolute atomic E-state index is 0.0334. The van der Waals surface area contributed by atoms with E-state index in [1.165, 1.54) is 12.1 Å². The third kappa shape index (κ3) is 4.26. The number of aryl methyl sites for hydroxylation is 1. The lowest BCUT2D eigenvalue weighted by Gasteiger charge is -2.06. The van der Waals surface area contributed by atoms with Crippen LogP contribution in [0.4, 0.5) is 10.2 Å². The molecule has 1 N–H and O–H groups in total. The van der Waals surface area contributed by atoms with Crippen molar-refractivity contribution in [1.29, 1.82) is 0 Å². The second-order valence-electron chi connectivity index (χ2n) is 5.57. The van der Waals surface area contributed by atoms with Crippen molar-refractivity contribution in [3.8, 4) is 0 Å². The number of nitrogens with zero attached hydrogens (tertiary/aromatic N) is 2. The molecule has 3 aromatic rings. The molecule has 0 saturated heterocycles. The maximum absolute atomic E-state index is 13.0. The molecule has 0 bridgehead atoms. The van der Waals surface area contributed by atoms with Crippen LogP contribution < -0.4 is 4.72 Å². The van der Waals surface area contributed by atoms with Crippen molar-refractivity contribution >= 4 is 31.8 Å². The monoisotopic (exact) mass is 423 g/mol. The van der Waals surface area contributed by atoms with Crippen LogP contribution >= 0.6 is 15.9 Å². The van der Waals surface area contributed by atoms with Gasteiger partial charge in [-0.05, 0) is 52.7 Å². The molecule has 0 atom stereocenters. The molecule has 0 amide bonds. The van der Waals surface area contributed by atoms with Gasteiger partial charge in [0.25, 0.3) is 10.0 Å². The first-order valence-electron chi connectivity index (χ1n) is 7.40. The Kier molecular flexibility index (Phi) is 4.91. The predicted octanol–water partition coefficient (Wildman–Crippen LogP) is 3.94. The van der Waals surface area contributed by atoms with Gasteiger partial charge in [0, 0.05) is 6.20 Å². The number of benzene rings is 2. The molecule has 25 heavy (non-hydrogen) atoms. The molecule has 3 rings (SSSR count). The minimum Gasteiger partial charge on any atom is -0.265 e. The third-order valence-corrected chi connectivity index (χ3v) is 5.47. The van der Waals surface area contributed by atoms with E-state index < -0.39 is 15.8 Å². The highest BCUT2D eigenvalue weighted by atomic mass is 79.9. The normalized spacial score (nSPS) is 11.5. The van der Waals surface area contributed by atoms with E-state index in [-0.39, 0.29) is 10.7 Å². The highest BCUT2D eigenvalue weighted by molar-refractivity contribution is 9.10. The summed E-state index contributed by atoms with van der Waals surface area (Å²) >= 11 is 3.31. The first-order chi connectivity index (χ1) is 11.8. The summed E-state index contributed by atoms with van der Waals surface area (Å²) in [5.41, 5.74) is 2.21. The molecular weight excluding hydrogens is 409 g/mol. The lowest BCUT2D eigenvalue weighted by atomic mass is 10.1. The number of aromatic nitrogens is 2. The Hall–Kier alpha value is -2.19. The Morgan fingerprint density at radius 2 is 1.76 bits per heavy atom. The highest BCUT2D eigenvalue weighted by Gasteiger charge is 2.18. The zero-order valence-corrected chi connectivity index (χ0v) is 15.7. The van der Waals surface area contributed by atoms with Crippen molar-refractivity contribution in [3.05, 3.63) is 76.1 Å². The summed E-state index contributed by atoms with van der Waals surface area (Å²) in [6, 6.07) is 12.6. The van der Waals surface area contributed by atoms with E-state index >= 15 is 0 Å². The van der Waals surface area contributed by atoms with Crippen LogP contribution in [-0.4, -0.2) is 18.2 Å². The number of rotatable bonds is 5. The molecular formula is C17H15BrFN3O2S. The molecule has 0 aliphatic rings. The molecule has 0 fully saturated rings. The second-order valence-corrected chi connectivity index (χ2v) is 8.10. The molecule has 1 heterocycles. The minimum atomic E-state index is -3.84. The van der Waals surface area contributed by atoms with E-state index in [1.54, 1.807) is 10.9 Å². The lowest BCUT2D eigenvalue weighted by Crippen LogP contribution is -2.14. The van der Waals surface area contributed by atoms with Gasteiger partial charge in [-0.1, -0.05) is 29.8 Å². The molecule has 0 saturated carbocycles. The molecule has 2 aromatic carbocycles. The topological polar surface area (TPSA) is 64.0 Å². The van der Waals surface area contributed by atoms with Crippen LogP contribution in [0.25, 0.3) is 0 Å². The Bertz CT molecular complexity index is 984. The van der Waals surface area contributed by atoms with E-state index in [9.17, 15) is 12.8 Å². The predicted molar refractivity (Wildman–Crippen MR) is 97.4 cm³/mol. The van der Waals surface area contributed by atoms with Crippen LogP contribution in [0.15, 0.2) is 64.1 Å². The SMILES string of the molecule is Cc1ccc(Cn2cc(Br)c(NS(=O)(=O)c3ccc(F)cc3)n2)cc1. The zero-order chi connectivity index (χ0) is 18.0. The fourth-order valence-electron chi connectivity index (χ4n) is 2.23. The van der Waals surface area contributed by atoms with E-state index in [0.29, 0.717) is 11.0 Å². The van der Waals surface area contributed by atoms with Crippen LogP contribution in [-0.2, 0) is 16.6 Å². The lowest BCUT2D eigenvalue weighted by molar-refractivity contribution is 0.599. The average molecular weight is 424 g/mol. The third-order valence-electron chi connectivity index (χ3n) is 3.54. The summed E-state index contributed by atoms with van der Waals surface area (Å²) in [6.07, 6.45) is 1.70. The molecule has 8 heteroatoms. The summed E-state index contributed by atoms with van der Waals surface area (Å²) < 4.78 is 42.3. The number of nitrogens with one attached hydrogen (secondary N) is 1. The highest BCUT2D eigenvalue weighted by Crippen LogP contribution is 2.24. The van der Waals surface area contributed by atoms with Gasteiger partial charge in [0.2, 0.25) is 0 Å². The fraction of sp³-hybridized carbons (Fsp3) is 0.118.